The molecule has 0 aromatic heterocycles. The van der Waals surface area contributed by atoms with Gasteiger partial charge in [-0.05, 0) is 44.0 Å². The van der Waals surface area contributed by atoms with Gasteiger partial charge in [0.2, 0.25) is 11.8 Å². The molecule has 0 heterocycles. The minimum atomic E-state index is -1.09. The van der Waals surface area contributed by atoms with E-state index in [-0.39, 0.29) is 19.3 Å². The van der Waals surface area contributed by atoms with Gasteiger partial charge in [0.1, 0.15) is 23.7 Å². The summed E-state index contributed by atoms with van der Waals surface area (Å²) in [6.07, 6.45) is -0.478. The summed E-state index contributed by atoms with van der Waals surface area (Å²) in [5.74, 6) is 4.04. The summed E-state index contributed by atoms with van der Waals surface area (Å²) in [5, 5.41) is 8.13. The third kappa shape index (κ3) is 11.6. The van der Waals surface area contributed by atoms with Gasteiger partial charge in [-0.3, -0.25) is 9.59 Å². The fraction of sp³-hybridized carbons (Fsp3) is 0.314. The molecule has 3 amide bonds. The Hall–Kier alpha value is -5.10. The number of nitrogens with one attached hydrogen (secondary N) is 3. The van der Waals surface area contributed by atoms with Gasteiger partial charge in [0.15, 0.2) is 0 Å². The molecule has 0 aliphatic carbocycles. The van der Waals surface area contributed by atoms with Crippen molar-refractivity contribution in [3.63, 3.8) is 0 Å². The molecule has 44 heavy (non-hydrogen) atoms. The zero-order chi connectivity index (χ0) is 32.0. The highest BCUT2D eigenvalue weighted by molar-refractivity contribution is 5.93. The maximum Gasteiger partial charge on any atom is 0.408 e. The van der Waals surface area contributed by atoms with Crippen molar-refractivity contribution in [2.75, 3.05) is 7.11 Å². The number of benzene rings is 3. The van der Waals surface area contributed by atoms with Gasteiger partial charge in [-0.15, -0.1) is 0 Å². The lowest BCUT2D eigenvalue weighted by atomic mass is 10.0. The van der Waals surface area contributed by atoms with Crippen LogP contribution in [0.15, 0.2) is 91.0 Å². The Balaban J connectivity index is 1.83. The molecular weight excluding hydrogens is 558 g/mol. The molecule has 0 fully saturated rings. The molecule has 0 radical (unpaired) electrons. The predicted octanol–water partition coefficient (Wildman–Crippen LogP) is 3.95. The summed E-state index contributed by atoms with van der Waals surface area (Å²) >= 11 is 0. The van der Waals surface area contributed by atoms with Crippen LogP contribution in [0.3, 0.4) is 0 Å². The van der Waals surface area contributed by atoms with E-state index in [1.54, 1.807) is 20.8 Å². The smallest absolute Gasteiger partial charge is 0.408 e. The van der Waals surface area contributed by atoms with Crippen LogP contribution in [-0.2, 0) is 36.7 Å². The van der Waals surface area contributed by atoms with Gasteiger partial charge in [-0.25, -0.2) is 9.59 Å². The molecule has 3 unspecified atom stereocenters. The van der Waals surface area contributed by atoms with Gasteiger partial charge in [0.05, 0.1) is 7.11 Å². The monoisotopic (exact) mass is 597 g/mol. The number of hydrogen-bond donors (Lipinski definition) is 3. The molecule has 0 bridgehead atoms. The Morgan fingerprint density at radius 2 is 1.14 bits per heavy atom. The fourth-order valence-corrected chi connectivity index (χ4v) is 4.22. The molecule has 0 aliphatic rings. The zero-order valence-electron chi connectivity index (χ0n) is 25.5. The van der Waals surface area contributed by atoms with Crippen molar-refractivity contribution in [1.29, 1.82) is 0 Å². The first-order chi connectivity index (χ1) is 21.0. The zero-order valence-corrected chi connectivity index (χ0v) is 25.5. The molecule has 3 rings (SSSR count). The van der Waals surface area contributed by atoms with Gasteiger partial charge < -0.3 is 25.4 Å². The van der Waals surface area contributed by atoms with Crippen molar-refractivity contribution in [1.82, 2.24) is 16.0 Å². The summed E-state index contributed by atoms with van der Waals surface area (Å²) in [5.41, 5.74) is 1.57. The molecule has 230 valence electrons. The van der Waals surface area contributed by atoms with Crippen molar-refractivity contribution in [3.8, 4) is 11.8 Å². The highest BCUT2D eigenvalue weighted by atomic mass is 16.6. The number of esters is 1. The van der Waals surface area contributed by atoms with Crippen LogP contribution < -0.4 is 16.0 Å². The number of rotatable bonds is 11. The lowest BCUT2D eigenvalue weighted by Gasteiger charge is -2.26. The first-order valence-electron chi connectivity index (χ1n) is 14.3. The second kappa shape index (κ2) is 16.5. The van der Waals surface area contributed by atoms with Crippen LogP contribution in [0.4, 0.5) is 4.79 Å². The Labute approximate surface area is 258 Å². The van der Waals surface area contributed by atoms with Crippen molar-refractivity contribution in [2.24, 2.45) is 0 Å². The molecule has 3 aromatic rings. The highest BCUT2D eigenvalue weighted by Crippen LogP contribution is 2.11. The first-order valence-corrected chi connectivity index (χ1v) is 14.3. The lowest BCUT2D eigenvalue weighted by Crippen LogP contribution is -2.57. The fourth-order valence-electron chi connectivity index (χ4n) is 4.22. The average molecular weight is 598 g/mol. The number of hydrogen-bond acceptors (Lipinski definition) is 6. The molecule has 9 nitrogen and oxygen atoms in total. The Kier molecular flexibility index (Phi) is 12.5. The summed E-state index contributed by atoms with van der Waals surface area (Å²) in [6, 6.07) is 24.4. The van der Waals surface area contributed by atoms with Gasteiger partial charge >= 0.3 is 12.1 Å². The van der Waals surface area contributed by atoms with E-state index in [2.05, 4.69) is 27.8 Å². The van der Waals surface area contributed by atoms with Gasteiger partial charge in [-0.2, -0.15) is 0 Å². The Morgan fingerprint density at radius 3 is 1.61 bits per heavy atom. The van der Waals surface area contributed by atoms with Gasteiger partial charge in [-0.1, -0.05) is 90.7 Å². The minimum absolute atomic E-state index is 0.00383. The number of ether oxygens (including phenoxy) is 2. The van der Waals surface area contributed by atoms with Crippen molar-refractivity contribution >= 4 is 23.9 Å². The summed E-state index contributed by atoms with van der Waals surface area (Å²) in [6.45, 7) is 5.17. The van der Waals surface area contributed by atoms with Crippen molar-refractivity contribution in [2.45, 2.75) is 63.8 Å². The third-order valence-electron chi connectivity index (χ3n) is 6.32. The van der Waals surface area contributed by atoms with E-state index in [1.807, 2.05) is 91.0 Å². The summed E-state index contributed by atoms with van der Waals surface area (Å²) < 4.78 is 10.3. The van der Waals surface area contributed by atoms with E-state index in [9.17, 15) is 19.2 Å². The quantitative estimate of drug-likeness (QED) is 0.227. The van der Waals surface area contributed by atoms with Gasteiger partial charge in [0, 0.05) is 24.8 Å². The number of alkyl carbamates (subject to hydrolysis) is 1. The number of carbonyl (C=O) groups excluding carboxylic acids is 4. The van der Waals surface area contributed by atoms with E-state index in [4.69, 9.17) is 9.47 Å². The largest absolute Gasteiger partial charge is 0.467 e. The first kappa shape index (κ1) is 33.4. The molecular formula is C35H39N3O6. The standard InChI is InChI=1S/C35H39N3O6/c1-35(2,3)44-34(42)38-30(24-27-19-12-7-13-20-27)32(40)37-29(23-26-17-10-6-11-18-26)31(39)36-28(33(41)43-4)22-14-21-25-15-8-5-9-16-25/h5-13,15-20,28-30H,22-24H2,1-4H3,(H,36,39)(H,37,40)(H,38,42). The van der Waals surface area contributed by atoms with Crippen LogP contribution in [0.1, 0.15) is 43.9 Å². The Morgan fingerprint density at radius 1 is 0.682 bits per heavy atom. The Bertz CT molecular complexity index is 1440. The van der Waals surface area contributed by atoms with Gasteiger partial charge in [0.25, 0.3) is 0 Å². The molecule has 0 saturated heterocycles. The highest BCUT2D eigenvalue weighted by Gasteiger charge is 2.31. The molecule has 3 aromatic carbocycles. The maximum absolute atomic E-state index is 13.7. The number of amides is 3. The third-order valence-corrected chi connectivity index (χ3v) is 6.32. The van der Waals surface area contributed by atoms with E-state index in [0.717, 1.165) is 16.7 Å². The van der Waals surface area contributed by atoms with E-state index in [0.29, 0.717) is 0 Å². The molecule has 0 saturated carbocycles. The average Bonchev–Trinajstić information content (AvgIpc) is 3.00. The van der Waals surface area contributed by atoms with Crippen LogP contribution >= 0.6 is 0 Å². The minimum Gasteiger partial charge on any atom is -0.467 e. The molecule has 9 heteroatoms. The summed E-state index contributed by atoms with van der Waals surface area (Å²) in [7, 11) is 1.23. The van der Waals surface area contributed by atoms with Crippen molar-refractivity contribution < 1.29 is 28.7 Å². The number of carbonyl (C=O) groups is 4. The second-order valence-corrected chi connectivity index (χ2v) is 11.1. The van der Waals surface area contributed by atoms with Crippen molar-refractivity contribution in [3.05, 3.63) is 108 Å². The SMILES string of the molecule is COC(=O)C(CC#Cc1ccccc1)NC(=O)C(Cc1ccccc1)NC(=O)C(Cc1ccccc1)NC(=O)OC(C)(C)C. The van der Waals surface area contributed by atoms with Crippen LogP contribution in [-0.4, -0.2) is 54.7 Å². The summed E-state index contributed by atoms with van der Waals surface area (Å²) in [4.78, 5) is 52.6. The molecule has 3 atom stereocenters. The molecule has 0 aliphatic heterocycles. The van der Waals surface area contributed by atoms with E-state index < -0.39 is 47.6 Å². The lowest BCUT2D eigenvalue weighted by molar-refractivity contribution is -0.145. The van der Waals surface area contributed by atoms with Crippen LogP contribution in [0.2, 0.25) is 0 Å². The predicted molar refractivity (Wildman–Crippen MR) is 167 cm³/mol. The number of methoxy groups -OCH3 is 1. The van der Waals surface area contributed by atoms with Crippen LogP contribution in [0, 0.1) is 11.8 Å². The van der Waals surface area contributed by atoms with E-state index >= 15 is 0 Å². The van der Waals surface area contributed by atoms with Crippen LogP contribution in [0.5, 0.6) is 0 Å². The molecule has 0 spiro atoms. The molecule has 3 N–H and O–H groups in total. The van der Waals surface area contributed by atoms with E-state index in [1.165, 1.54) is 7.11 Å². The normalized spacial score (nSPS) is 12.7. The maximum atomic E-state index is 13.7. The van der Waals surface area contributed by atoms with Crippen LogP contribution in [0.25, 0.3) is 0 Å². The second-order valence-electron chi connectivity index (χ2n) is 11.1. The topological polar surface area (TPSA) is 123 Å².